The van der Waals surface area contributed by atoms with Gasteiger partial charge in [-0.05, 0) is 62.6 Å². The molecule has 7 nitrogen and oxygen atoms in total. The van der Waals surface area contributed by atoms with E-state index in [-0.39, 0.29) is 23.8 Å². The van der Waals surface area contributed by atoms with Crippen molar-refractivity contribution >= 4 is 11.8 Å². The number of nitrogens with zero attached hydrogens (tertiary/aromatic N) is 3. The zero-order valence-corrected chi connectivity index (χ0v) is 17.8. The quantitative estimate of drug-likeness (QED) is 0.808. The van der Waals surface area contributed by atoms with Crippen molar-refractivity contribution < 1.29 is 9.59 Å². The molecule has 30 heavy (non-hydrogen) atoms. The highest BCUT2D eigenvalue weighted by Gasteiger charge is 2.39. The Bertz CT molecular complexity index is 916. The van der Waals surface area contributed by atoms with Crippen LogP contribution in [-0.2, 0) is 4.79 Å². The van der Waals surface area contributed by atoms with Crippen molar-refractivity contribution in [1.82, 2.24) is 20.1 Å². The number of hydrogen-bond acceptors (Lipinski definition) is 4. The number of carbonyl (C=O) groups is 2. The molecule has 2 aliphatic rings. The van der Waals surface area contributed by atoms with Crippen molar-refractivity contribution in [3.63, 3.8) is 0 Å². The number of likely N-dealkylation sites (tertiary alicyclic amines) is 1. The number of hydrogen-bond donors (Lipinski definition) is 2. The molecule has 2 aromatic heterocycles. The van der Waals surface area contributed by atoms with E-state index in [4.69, 9.17) is 5.73 Å². The summed E-state index contributed by atoms with van der Waals surface area (Å²) in [6.07, 6.45) is 7.61. The second-order valence-electron chi connectivity index (χ2n) is 9.06. The normalized spacial score (nSPS) is 27.1. The van der Waals surface area contributed by atoms with Crippen LogP contribution in [-0.4, -0.2) is 44.5 Å². The third-order valence-electron chi connectivity index (χ3n) is 6.91. The summed E-state index contributed by atoms with van der Waals surface area (Å²) in [6, 6.07) is 5.72. The average molecular weight is 410 g/mol. The van der Waals surface area contributed by atoms with Gasteiger partial charge in [-0.25, -0.2) is 0 Å². The van der Waals surface area contributed by atoms with E-state index in [2.05, 4.69) is 22.1 Å². The van der Waals surface area contributed by atoms with Gasteiger partial charge in [-0.15, -0.1) is 0 Å². The summed E-state index contributed by atoms with van der Waals surface area (Å²) in [4.78, 5) is 31.5. The fraction of sp³-hybridized carbons (Fsp3) is 0.565. The largest absolute Gasteiger partial charge is 0.369 e. The Hall–Kier alpha value is -2.70. The van der Waals surface area contributed by atoms with Crippen LogP contribution in [0.25, 0.3) is 11.3 Å². The predicted molar refractivity (Wildman–Crippen MR) is 114 cm³/mol. The Labute approximate surface area is 177 Å². The SMILES string of the molecule is Cc1cc(-c2cc(C(=O)N3CCC(C(N)=O)CC3C3CCC(C)CC3)[nH]n2)ccn1. The van der Waals surface area contributed by atoms with Gasteiger partial charge in [-0.1, -0.05) is 19.8 Å². The van der Waals surface area contributed by atoms with Crippen molar-refractivity contribution in [2.75, 3.05) is 6.54 Å². The number of aromatic amines is 1. The van der Waals surface area contributed by atoms with Gasteiger partial charge in [0.1, 0.15) is 5.69 Å². The number of aryl methyl sites for hydroxylation is 1. The minimum atomic E-state index is -0.242. The smallest absolute Gasteiger partial charge is 0.272 e. The summed E-state index contributed by atoms with van der Waals surface area (Å²) < 4.78 is 0. The molecule has 2 aromatic rings. The Morgan fingerprint density at radius 3 is 2.63 bits per heavy atom. The number of rotatable bonds is 4. The Kier molecular flexibility index (Phi) is 5.88. The molecule has 4 rings (SSSR count). The van der Waals surface area contributed by atoms with E-state index < -0.39 is 0 Å². The lowest BCUT2D eigenvalue weighted by Crippen LogP contribution is -2.52. The molecular formula is C23H31N5O2. The number of H-pyrrole nitrogens is 1. The molecule has 2 amide bonds. The standard InChI is InChI=1S/C23H31N5O2/c1-14-3-5-16(6-4-14)21-12-18(22(24)29)8-10-28(21)23(30)20-13-19(26-27-20)17-7-9-25-15(2)11-17/h7,9,11,13-14,16,18,21H,3-6,8,10,12H2,1-2H3,(H2,24,29)(H,26,27). The summed E-state index contributed by atoms with van der Waals surface area (Å²) in [6.45, 7) is 4.78. The lowest BCUT2D eigenvalue weighted by molar-refractivity contribution is -0.124. The molecule has 0 spiro atoms. The lowest BCUT2D eigenvalue weighted by Gasteiger charge is -2.44. The predicted octanol–water partition coefficient (Wildman–Crippen LogP) is 3.31. The van der Waals surface area contributed by atoms with Gasteiger partial charge in [-0.3, -0.25) is 19.7 Å². The number of aromatic nitrogens is 3. The first kappa shape index (κ1) is 20.6. The molecular weight excluding hydrogens is 378 g/mol. The topological polar surface area (TPSA) is 105 Å². The molecule has 2 atom stereocenters. The molecule has 3 heterocycles. The molecule has 7 heteroatoms. The van der Waals surface area contributed by atoms with Crippen LogP contribution in [0.15, 0.2) is 24.4 Å². The van der Waals surface area contributed by atoms with Gasteiger partial charge in [0.2, 0.25) is 5.91 Å². The Balaban J connectivity index is 1.56. The van der Waals surface area contributed by atoms with Crippen molar-refractivity contribution in [2.24, 2.45) is 23.5 Å². The Morgan fingerprint density at radius 1 is 1.17 bits per heavy atom. The number of carbonyl (C=O) groups excluding carboxylic acids is 2. The molecule has 1 saturated heterocycles. The fourth-order valence-corrected chi connectivity index (χ4v) is 5.06. The zero-order chi connectivity index (χ0) is 21.3. The number of primary amides is 1. The maximum atomic E-state index is 13.4. The molecule has 2 unspecified atom stereocenters. The van der Waals surface area contributed by atoms with Gasteiger partial charge in [-0.2, -0.15) is 5.10 Å². The zero-order valence-electron chi connectivity index (χ0n) is 17.8. The molecule has 0 radical (unpaired) electrons. The number of nitrogens with one attached hydrogen (secondary N) is 1. The third-order valence-corrected chi connectivity index (χ3v) is 6.91. The van der Waals surface area contributed by atoms with Crippen LogP contribution < -0.4 is 5.73 Å². The van der Waals surface area contributed by atoms with Crippen LogP contribution in [0.4, 0.5) is 0 Å². The fourth-order valence-electron chi connectivity index (χ4n) is 5.06. The summed E-state index contributed by atoms with van der Waals surface area (Å²) in [7, 11) is 0. The van der Waals surface area contributed by atoms with E-state index in [0.29, 0.717) is 31.0 Å². The summed E-state index contributed by atoms with van der Waals surface area (Å²) >= 11 is 0. The number of amides is 2. The minimum Gasteiger partial charge on any atom is -0.369 e. The first-order valence-electron chi connectivity index (χ1n) is 11.0. The third kappa shape index (κ3) is 4.25. The van der Waals surface area contributed by atoms with Gasteiger partial charge in [0, 0.05) is 36.0 Å². The van der Waals surface area contributed by atoms with Crippen LogP contribution in [0.5, 0.6) is 0 Å². The van der Waals surface area contributed by atoms with E-state index in [1.165, 1.54) is 12.8 Å². The first-order chi connectivity index (χ1) is 14.4. The highest BCUT2D eigenvalue weighted by Crippen LogP contribution is 2.38. The van der Waals surface area contributed by atoms with Gasteiger partial charge in [0.05, 0.1) is 5.69 Å². The maximum absolute atomic E-state index is 13.4. The number of piperidine rings is 1. The minimum absolute atomic E-state index is 0.0360. The molecule has 1 aliphatic heterocycles. The lowest BCUT2D eigenvalue weighted by atomic mass is 9.74. The van der Waals surface area contributed by atoms with Crippen molar-refractivity contribution in [3.8, 4) is 11.3 Å². The number of nitrogens with two attached hydrogens (primary N) is 1. The highest BCUT2D eigenvalue weighted by molar-refractivity contribution is 5.94. The van der Waals surface area contributed by atoms with Crippen LogP contribution in [0.2, 0.25) is 0 Å². The van der Waals surface area contributed by atoms with Crippen LogP contribution in [0.1, 0.15) is 61.6 Å². The maximum Gasteiger partial charge on any atom is 0.272 e. The van der Waals surface area contributed by atoms with Crippen LogP contribution in [0.3, 0.4) is 0 Å². The Morgan fingerprint density at radius 2 is 1.93 bits per heavy atom. The van der Waals surface area contributed by atoms with Gasteiger partial charge in [0.25, 0.3) is 5.91 Å². The van der Waals surface area contributed by atoms with E-state index in [1.54, 1.807) is 6.20 Å². The highest BCUT2D eigenvalue weighted by atomic mass is 16.2. The summed E-state index contributed by atoms with van der Waals surface area (Å²) in [5.74, 6) is 0.743. The molecule has 160 valence electrons. The second kappa shape index (κ2) is 8.58. The van der Waals surface area contributed by atoms with Gasteiger partial charge in [0.15, 0.2) is 0 Å². The van der Waals surface area contributed by atoms with Crippen molar-refractivity contribution in [2.45, 2.75) is 58.4 Å². The van der Waals surface area contributed by atoms with Crippen LogP contribution in [0, 0.1) is 24.7 Å². The second-order valence-corrected chi connectivity index (χ2v) is 9.06. The molecule has 2 fully saturated rings. The average Bonchev–Trinajstić information content (AvgIpc) is 3.24. The van der Waals surface area contributed by atoms with Crippen LogP contribution >= 0.6 is 0 Å². The van der Waals surface area contributed by atoms with Gasteiger partial charge < -0.3 is 10.6 Å². The van der Waals surface area contributed by atoms with Gasteiger partial charge >= 0.3 is 0 Å². The van der Waals surface area contributed by atoms with Crippen molar-refractivity contribution in [3.05, 3.63) is 35.8 Å². The molecule has 0 aromatic carbocycles. The van der Waals surface area contributed by atoms with Crippen molar-refractivity contribution in [1.29, 1.82) is 0 Å². The first-order valence-corrected chi connectivity index (χ1v) is 11.0. The van der Waals surface area contributed by atoms with E-state index in [9.17, 15) is 9.59 Å². The molecule has 1 aliphatic carbocycles. The van der Waals surface area contributed by atoms with E-state index >= 15 is 0 Å². The molecule has 0 bridgehead atoms. The monoisotopic (exact) mass is 409 g/mol. The summed E-state index contributed by atoms with van der Waals surface area (Å²) in [5, 5.41) is 7.29. The molecule has 1 saturated carbocycles. The molecule has 3 N–H and O–H groups in total. The summed E-state index contributed by atoms with van der Waals surface area (Å²) in [5.41, 5.74) is 8.70. The number of pyridine rings is 1. The van der Waals surface area contributed by atoms with E-state index in [1.807, 2.05) is 30.0 Å². The van der Waals surface area contributed by atoms with E-state index in [0.717, 1.165) is 35.7 Å².